The highest BCUT2D eigenvalue weighted by molar-refractivity contribution is 5.64. The van der Waals surface area contributed by atoms with Gasteiger partial charge >= 0.3 is 0 Å². The molecule has 2 rings (SSSR count). The first-order valence-electron chi connectivity index (χ1n) is 5.72. The summed E-state index contributed by atoms with van der Waals surface area (Å²) in [5.41, 5.74) is 7.86. The second-order valence-corrected chi connectivity index (χ2v) is 3.91. The smallest absolute Gasteiger partial charge is 0.146 e. The molecule has 1 heterocycles. The Hall–Kier alpha value is -1.97. The van der Waals surface area contributed by atoms with Crippen LogP contribution in [0.3, 0.4) is 0 Å². The van der Waals surface area contributed by atoms with Crippen LogP contribution in [0.5, 0.6) is 5.75 Å². The third kappa shape index (κ3) is 2.41. The minimum absolute atomic E-state index is 0.552. The Morgan fingerprint density at radius 2 is 2.18 bits per heavy atom. The summed E-state index contributed by atoms with van der Waals surface area (Å²) in [6.45, 7) is 2.98. The van der Waals surface area contributed by atoms with Crippen molar-refractivity contribution in [1.82, 2.24) is 9.78 Å². The number of aromatic nitrogens is 2. The van der Waals surface area contributed by atoms with Crippen LogP contribution >= 0.6 is 0 Å². The van der Waals surface area contributed by atoms with E-state index in [-0.39, 0.29) is 0 Å². The Balaban J connectivity index is 2.43. The quantitative estimate of drug-likeness (QED) is 0.879. The van der Waals surface area contributed by atoms with Gasteiger partial charge in [-0.05, 0) is 18.6 Å². The minimum atomic E-state index is 0.552. The van der Waals surface area contributed by atoms with Crippen LogP contribution in [0.2, 0.25) is 0 Å². The lowest BCUT2D eigenvalue weighted by Crippen LogP contribution is -2.01. The van der Waals surface area contributed by atoms with E-state index < -0.39 is 0 Å². The van der Waals surface area contributed by atoms with Crippen LogP contribution in [0.4, 0.5) is 5.82 Å². The van der Waals surface area contributed by atoms with E-state index in [1.165, 1.54) is 0 Å². The molecule has 0 fully saturated rings. The Labute approximate surface area is 101 Å². The zero-order valence-corrected chi connectivity index (χ0v) is 10.2. The number of rotatable bonds is 4. The molecule has 0 aliphatic rings. The van der Waals surface area contributed by atoms with Crippen molar-refractivity contribution in [2.75, 3.05) is 12.8 Å². The van der Waals surface area contributed by atoms with E-state index in [0.717, 1.165) is 30.0 Å². The molecule has 4 heteroatoms. The molecule has 90 valence electrons. The highest BCUT2D eigenvalue weighted by Gasteiger charge is 2.08. The van der Waals surface area contributed by atoms with Gasteiger partial charge < -0.3 is 10.5 Å². The van der Waals surface area contributed by atoms with E-state index in [1.54, 1.807) is 7.11 Å². The standard InChI is InChI=1S/C13H17N3O/c1-3-7-16-12(9-13(14)15-16)10-5-4-6-11(8-10)17-2/h4-6,8-9H,3,7H2,1-2H3,(H2,14,15). The molecule has 0 amide bonds. The predicted molar refractivity (Wildman–Crippen MR) is 68.9 cm³/mol. The molecule has 0 atom stereocenters. The van der Waals surface area contributed by atoms with Crippen molar-refractivity contribution in [3.8, 4) is 17.0 Å². The van der Waals surface area contributed by atoms with Crippen LogP contribution in [0.25, 0.3) is 11.3 Å². The van der Waals surface area contributed by atoms with Crippen molar-refractivity contribution in [2.45, 2.75) is 19.9 Å². The molecule has 1 aromatic carbocycles. The van der Waals surface area contributed by atoms with Gasteiger partial charge in [-0.3, -0.25) is 4.68 Å². The van der Waals surface area contributed by atoms with Gasteiger partial charge in [-0.1, -0.05) is 19.1 Å². The molecule has 1 aromatic heterocycles. The number of ether oxygens (including phenoxy) is 1. The fraction of sp³-hybridized carbons (Fsp3) is 0.308. The van der Waals surface area contributed by atoms with Crippen molar-refractivity contribution in [3.63, 3.8) is 0 Å². The summed E-state index contributed by atoms with van der Waals surface area (Å²) in [7, 11) is 1.66. The van der Waals surface area contributed by atoms with Gasteiger partial charge in [0, 0.05) is 18.2 Å². The number of nitrogens with zero attached hydrogens (tertiary/aromatic N) is 2. The fourth-order valence-electron chi connectivity index (χ4n) is 1.83. The first-order valence-corrected chi connectivity index (χ1v) is 5.72. The van der Waals surface area contributed by atoms with Crippen LogP contribution in [0.1, 0.15) is 13.3 Å². The van der Waals surface area contributed by atoms with E-state index >= 15 is 0 Å². The molecule has 2 aromatic rings. The number of methoxy groups -OCH3 is 1. The summed E-state index contributed by atoms with van der Waals surface area (Å²) in [6, 6.07) is 9.80. The average molecular weight is 231 g/mol. The topological polar surface area (TPSA) is 53.1 Å². The van der Waals surface area contributed by atoms with E-state index in [2.05, 4.69) is 12.0 Å². The number of benzene rings is 1. The van der Waals surface area contributed by atoms with Crippen LogP contribution in [-0.2, 0) is 6.54 Å². The highest BCUT2D eigenvalue weighted by Crippen LogP contribution is 2.25. The number of nitrogens with two attached hydrogens (primary N) is 1. The molecular formula is C13H17N3O. The molecule has 0 unspecified atom stereocenters. The SMILES string of the molecule is CCCn1nc(N)cc1-c1cccc(OC)c1. The zero-order chi connectivity index (χ0) is 12.3. The summed E-state index contributed by atoms with van der Waals surface area (Å²) in [5, 5.41) is 4.29. The summed E-state index contributed by atoms with van der Waals surface area (Å²) < 4.78 is 7.16. The van der Waals surface area contributed by atoms with Gasteiger partial charge in [0.15, 0.2) is 0 Å². The van der Waals surface area contributed by atoms with Gasteiger partial charge in [-0.2, -0.15) is 5.10 Å². The van der Waals surface area contributed by atoms with Gasteiger partial charge in [0.05, 0.1) is 12.8 Å². The van der Waals surface area contributed by atoms with Crippen molar-refractivity contribution in [3.05, 3.63) is 30.3 Å². The van der Waals surface area contributed by atoms with Gasteiger partial charge in [0.1, 0.15) is 11.6 Å². The molecule has 0 aliphatic heterocycles. The van der Waals surface area contributed by atoms with Crippen molar-refractivity contribution in [1.29, 1.82) is 0 Å². The second-order valence-electron chi connectivity index (χ2n) is 3.91. The summed E-state index contributed by atoms with van der Waals surface area (Å²) in [6.07, 6.45) is 1.03. The molecule has 0 radical (unpaired) electrons. The third-order valence-corrected chi connectivity index (χ3v) is 2.60. The molecule has 0 saturated carbocycles. The normalized spacial score (nSPS) is 10.5. The lowest BCUT2D eigenvalue weighted by atomic mass is 10.1. The van der Waals surface area contributed by atoms with Gasteiger partial charge in [-0.25, -0.2) is 0 Å². The van der Waals surface area contributed by atoms with Crippen LogP contribution in [0.15, 0.2) is 30.3 Å². The first-order chi connectivity index (χ1) is 8.24. The largest absolute Gasteiger partial charge is 0.497 e. The number of nitrogen functional groups attached to an aromatic ring is 1. The number of anilines is 1. The van der Waals surface area contributed by atoms with E-state index in [0.29, 0.717) is 5.82 Å². The maximum atomic E-state index is 5.75. The Bertz CT molecular complexity index is 505. The molecule has 0 spiro atoms. The maximum absolute atomic E-state index is 5.75. The van der Waals surface area contributed by atoms with Gasteiger partial charge in [-0.15, -0.1) is 0 Å². The summed E-state index contributed by atoms with van der Waals surface area (Å²) in [5.74, 6) is 1.39. The first kappa shape index (κ1) is 11.5. The highest BCUT2D eigenvalue weighted by atomic mass is 16.5. The number of hydrogen-bond acceptors (Lipinski definition) is 3. The molecule has 0 aliphatic carbocycles. The zero-order valence-electron chi connectivity index (χ0n) is 10.2. The number of hydrogen-bond donors (Lipinski definition) is 1. The predicted octanol–water partition coefficient (Wildman–Crippen LogP) is 2.55. The molecule has 0 saturated heterocycles. The van der Waals surface area contributed by atoms with E-state index in [4.69, 9.17) is 10.5 Å². The summed E-state index contributed by atoms with van der Waals surface area (Å²) >= 11 is 0. The van der Waals surface area contributed by atoms with Gasteiger partial charge in [0.25, 0.3) is 0 Å². The third-order valence-electron chi connectivity index (χ3n) is 2.60. The monoisotopic (exact) mass is 231 g/mol. The minimum Gasteiger partial charge on any atom is -0.497 e. The number of aryl methyl sites for hydroxylation is 1. The van der Waals surface area contributed by atoms with Crippen molar-refractivity contribution in [2.24, 2.45) is 0 Å². The van der Waals surface area contributed by atoms with Crippen LogP contribution in [-0.4, -0.2) is 16.9 Å². The van der Waals surface area contributed by atoms with E-state index in [9.17, 15) is 0 Å². The Morgan fingerprint density at radius 3 is 2.88 bits per heavy atom. The maximum Gasteiger partial charge on any atom is 0.146 e. The fourth-order valence-corrected chi connectivity index (χ4v) is 1.83. The second kappa shape index (κ2) is 4.91. The van der Waals surface area contributed by atoms with Crippen LogP contribution in [0, 0.1) is 0 Å². The molecule has 2 N–H and O–H groups in total. The van der Waals surface area contributed by atoms with Gasteiger partial charge in [0.2, 0.25) is 0 Å². The molecule has 4 nitrogen and oxygen atoms in total. The molecule has 17 heavy (non-hydrogen) atoms. The lowest BCUT2D eigenvalue weighted by molar-refractivity contribution is 0.415. The van der Waals surface area contributed by atoms with E-state index in [1.807, 2.05) is 35.0 Å². The lowest BCUT2D eigenvalue weighted by Gasteiger charge is -2.07. The molecular weight excluding hydrogens is 214 g/mol. The summed E-state index contributed by atoms with van der Waals surface area (Å²) in [4.78, 5) is 0. The Kier molecular flexibility index (Phi) is 3.32. The molecule has 0 bridgehead atoms. The van der Waals surface area contributed by atoms with Crippen molar-refractivity contribution < 1.29 is 4.74 Å². The van der Waals surface area contributed by atoms with Crippen LogP contribution < -0.4 is 10.5 Å². The average Bonchev–Trinajstić information content (AvgIpc) is 2.71. The Morgan fingerprint density at radius 1 is 1.35 bits per heavy atom. The van der Waals surface area contributed by atoms with Crippen molar-refractivity contribution >= 4 is 5.82 Å².